The molecule has 46 valence electrons. The van der Waals surface area contributed by atoms with Gasteiger partial charge in [-0.25, -0.2) is 10.6 Å². The van der Waals surface area contributed by atoms with Crippen molar-refractivity contribution in [1.29, 1.82) is 0 Å². The van der Waals surface area contributed by atoms with E-state index in [9.17, 15) is 14.1 Å². The molecule has 1 amide bonds. The molecule has 0 aromatic rings. The van der Waals surface area contributed by atoms with Gasteiger partial charge in [-0.1, -0.05) is 9.71 Å². The van der Waals surface area contributed by atoms with Crippen molar-refractivity contribution < 1.29 is 19.2 Å². The average Bonchev–Trinajstić information content (AvgIpc) is 1.64. The Labute approximate surface area is 43.4 Å². The molecule has 0 aliphatic rings. The summed E-state index contributed by atoms with van der Waals surface area (Å²) in [6, 6.07) is 0. The standard InChI is InChI=1S/C2H3FN2O3/c3-5(4)1(6)2(7)8/h4H2,(H,7,8). The van der Waals surface area contributed by atoms with E-state index < -0.39 is 17.1 Å². The molecule has 0 unspecified atom stereocenters. The van der Waals surface area contributed by atoms with E-state index in [0.717, 1.165) is 0 Å². The van der Waals surface area contributed by atoms with Crippen LogP contribution in [0, 0.1) is 0 Å². The highest BCUT2D eigenvalue weighted by atomic mass is 19.2. The number of hydrogen-bond donors (Lipinski definition) is 2. The maximum atomic E-state index is 11.2. The Kier molecular flexibility index (Phi) is 1.89. The zero-order valence-corrected chi connectivity index (χ0v) is 3.67. The fourth-order valence-electron chi connectivity index (χ4n) is 0.0914. The second-order valence-electron chi connectivity index (χ2n) is 0.922. The van der Waals surface area contributed by atoms with Crippen LogP contribution < -0.4 is 5.84 Å². The fraction of sp³-hybridized carbons (Fsp3) is 0. The highest BCUT2D eigenvalue weighted by molar-refractivity contribution is 6.30. The largest absolute Gasteiger partial charge is 0.474 e. The van der Waals surface area contributed by atoms with Crippen molar-refractivity contribution in [2.45, 2.75) is 0 Å². The molecule has 0 fully saturated rings. The second-order valence-corrected chi connectivity index (χ2v) is 0.922. The number of carbonyl (C=O) groups excluding carboxylic acids is 1. The van der Waals surface area contributed by atoms with Crippen LogP contribution in [0.4, 0.5) is 4.48 Å². The van der Waals surface area contributed by atoms with Crippen LogP contribution in [0.1, 0.15) is 0 Å². The summed E-state index contributed by atoms with van der Waals surface area (Å²) in [5.74, 6) is 0.365. The van der Waals surface area contributed by atoms with Gasteiger partial charge in [-0.15, -0.1) is 0 Å². The number of carbonyl (C=O) groups is 2. The number of amides is 1. The number of carboxylic acid groups (broad SMARTS) is 1. The van der Waals surface area contributed by atoms with Gasteiger partial charge in [0.05, 0.1) is 0 Å². The van der Waals surface area contributed by atoms with Crippen LogP contribution in [-0.4, -0.2) is 22.2 Å². The van der Waals surface area contributed by atoms with Crippen molar-refractivity contribution in [2.75, 3.05) is 0 Å². The summed E-state index contributed by atoms with van der Waals surface area (Å²) in [6.07, 6.45) is 0. The van der Waals surface area contributed by atoms with Gasteiger partial charge in [0, 0.05) is 0 Å². The van der Waals surface area contributed by atoms with E-state index in [1.54, 1.807) is 0 Å². The molecule has 8 heavy (non-hydrogen) atoms. The molecule has 0 aromatic heterocycles. The van der Waals surface area contributed by atoms with E-state index in [2.05, 4.69) is 5.84 Å². The van der Waals surface area contributed by atoms with Crippen molar-refractivity contribution in [3.8, 4) is 0 Å². The summed E-state index contributed by atoms with van der Waals surface area (Å²) >= 11 is 0. The minimum atomic E-state index is -1.92. The molecule has 0 saturated heterocycles. The molecular formula is C2H3FN2O3. The third kappa shape index (κ3) is 1.52. The minimum absolute atomic E-state index is 0.998. The van der Waals surface area contributed by atoms with Crippen molar-refractivity contribution in [3.05, 3.63) is 0 Å². The van der Waals surface area contributed by atoms with Crippen molar-refractivity contribution in [2.24, 2.45) is 5.84 Å². The maximum absolute atomic E-state index is 11.2. The average molecular weight is 122 g/mol. The Morgan fingerprint density at radius 1 is 1.62 bits per heavy atom. The molecule has 0 spiro atoms. The first-order valence-electron chi connectivity index (χ1n) is 1.53. The number of nitrogens with two attached hydrogens (primary N) is 1. The molecule has 0 aromatic carbocycles. The smallest absolute Gasteiger partial charge is 0.398 e. The van der Waals surface area contributed by atoms with E-state index in [-0.39, 0.29) is 0 Å². The molecule has 0 heterocycles. The van der Waals surface area contributed by atoms with Gasteiger partial charge in [0.25, 0.3) is 0 Å². The molecule has 0 radical (unpaired) electrons. The number of carboxylic acids is 1. The minimum Gasteiger partial charge on any atom is -0.474 e. The van der Waals surface area contributed by atoms with Crippen molar-refractivity contribution >= 4 is 11.9 Å². The Bertz CT molecular complexity index is 122. The molecule has 0 saturated carbocycles. The van der Waals surface area contributed by atoms with Crippen molar-refractivity contribution in [3.63, 3.8) is 0 Å². The molecular weight excluding hydrogens is 119 g/mol. The lowest BCUT2D eigenvalue weighted by Gasteiger charge is -1.96. The van der Waals surface area contributed by atoms with Crippen molar-refractivity contribution in [1.82, 2.24) is 5.23 Å². The van der Waals surface area contributed by atoms with Crippen LogP contribution in [0.5, 0.6) is 0 Å². The lowest BCUT2D eigenvalue weighted by Crippen LogP contribution is -2.34. The Balaban J connectivity index is 3.84. The molecule has 6 heteroatoms. The van der Waals surface area contributed by atoms with E-state index in [0.29, 0.717) is 0 Å². The van der Waals surface area contributed by atoms with E-state index in [1.807, 2.05) is 0 Å². The number of aliphatic carboxylic acids is 1. The Morgan fingerprint density at radius 3 is 2.00 bits per heavy atom. The molecule has 0 atom stereocenters. The van der Waals surface area contributed by atoms with Gasteiger partial charge >= 0.3 is 11.9 Å². The summed E-state index contributed by atoms with van der Waals surface area (Å²) in [7, 11) is 0. The van der Waals surface area contributed by atoms with Crippen LogP contribution in [0.15, 0.2) is 0 Å². The Hall–Kier alpha value is -1.17. The van der Waals surface area contributed by atoms with Crippen LogP contribution in [-0.2, 0) is 9.59 Å². The summed E-state index contributed by atoms with van der Waals surface area (Å²) < 4.78 is 11.2. The molecule has 3 N–H and O–H groups in total. The zero-order valence-electron chi connectivity index (χ0n) is 3.67. The van der Waals surface area contributed by atoms with Gasteiger partial charge in [0.2, 0.25) is 0 Å². The molecule has 0 aliphatic carbocycles. The van der Waals surface area contributed by atoms with Crippen LogP contribution in [0.2, 0.25) is 0 Å². The SMILES string of the molecule is NN(F)C(=O)C(=O)O. The first-order valence-corrected chi connectivity index (χ1v) is 1.53. The summed E-state index contributed by atoms with van der Waals surface area (Å²) in [4.78, 5) is 19.1. The molecule has 0 rings (SSSR count). The van der Waals surface area contributed by atoms with E-state index in [1.165, 1.54) is 0 Å². The third-order valence-corrected chi connectivity index (χ3v) is 0.377. The van der Waals surface area contributed by atoms with E-state index >= 15 is 0 Å². The van der Waals surface area contributed by atoms with Crippen LogP contribution in [0.3, 0.4) is 0 Å². The normalized spacial score (nSPS) is 8.25. The first-order chi connectivity index (χ1) is 3.55. The van der Waals surface area contributed by atoms with Gasteiger partial charge in [-0.3, -0.25) is 4.79 Å². The topological polar surface area (TPSA) is 83.6 Å². The summed E-state index contributed by atoms with van der Waals surface area (Å²) in [6.45, 7) is 0. The predicted octanol–water partition coefficient (Wildman–Crippen LogP) is -1.34. The number of halogens is 1. The monoisotopic (exact) mass is 122 g/mol. The molecule has 0 bridgehead atoms. The Morgan fingerprint density at radius 2 is 2.00 bits per heavy atom. The number of nitrogens with zero attached hydrogens (tertiary/aromatic N) is 1. The first kappa shape index (κ1) is 6.83. The quantitative estimate of drug-likeness (QED) is 0.137. The lowest BCUT2D eigenvalue weighted by molar-refractivity contribution is -0.165. The molecule has 0 aliphatic heterocycles. The number of rotatable bonds is 0. The maximum Gasteiger partial charge on any atom is 0.398 e. The number of hydrogen-bond acceptors (Lipinski definition) is 3. The summed E-state index contributed by atoms with van der Waals surface area (Å²) in [5, 5.41) is 6.64. The van der Waals surface area contributed by atoms with Gasteiger partial charge in [0.15, 0.2) is 0 Å². The van der Waals surface area contributed by atoms with Gasteiger partial charge in [-0.2, -0.15) is 0 Å². The van der Waals surface area contributed by atoms with Gasteiger partial charge < -0.3 is 5.11 Å². The van der Waals surface area contributed by atoms with E-state index in [4.69, 9.17) is 5.11 Å². The van der Waals surface area contributed by atoms with Gasteiger partial charge in [0.1, 0.15) is 0 Å². The zero-order chi connectivity index (χ0) is 6.73. The predicted molar refractivity (Wildman–Crippen MR) is 19.8 cm³/mol. The summed E-state index contributed by atoms with van der Waals surface area (Å²) in [5.41, 5.74) is 0. The third-order valence-electron chi connectivity index (χ3n) is 0.377. The second kappa shape index (κ2) is 2.22. The fourth-order valence-corrected chi connectivity index (χ4v) is 0.0914. The highest BCUT2D eigenvalue weighted by Gasteiger charge is 2.16. The lowest BCUT2D eigenvalue weighted by atomic mass is 10.7. The van der Waals surface area contributed by atoms with Gasteiger partial charge in [-0.05, 0) is 0 Å². The molecule has 5 nitrogen and oxygen atoms in total. The highest BCUT2D eigenvalue weighted by Crippen LogP contribution is 1.77. The van der Waals surface area contributed by atoms with Crippen LogP contribution >= 0.6 is 0 Å². The van der Waals surface area contributed by atoms with Crippen LogP contribution in [0.25, 0.3) is 0 Å². The number of hydrazine groups is 1.